The minimum atomic E-state index is -3.83. The van der Waals surface area contributed by atoms with E-state index in [1.807, 2.05) is 12.1 Å². The Balaban J connectivity index is 1.30. The van der Waals surface area contributed by atoms with Crippen molar-refractivity contribution < 1.29 is 17.2 Å². The molecule has 1 saturated heterocycles. The summed E-state index contributed by atoms with van der Waals surface area (Å²) >= 11 is 0. The highest BCUT2D eigenvalue weighted by Crippen LogP contribution is 2.38. The van der Waals surface area contributed by atoms with Crippen LogP contribution >= 0.6 is 0 Å². The summed E-state index contributed by atoms with van der Waals surface area (Å²) in [7, 11) is -1.74. The second-order valence-electron chi connectivity index (χ2n) is 11.4. The highest BCUT2D eigenvalue weighted by atomic mass is 32.2. The zero-order valence-corrected chi connectivity index (χ0v) is 23.6. The van der Waals surface area contributed by atoms with Crippen LogP contribution in [-0.4, -0.2) is 65.3 Å². The molecule has 1 unspecified atom stereocenters. The van der Waals surface area contributed by atoms with Gasteiger partial charge in [0.2, 0.25) is 16.0 Å². The summed E-state index contributed by atoms with van der Waals surface area (Å²) in [6.07, 6.45) is 4.18. The minimum Gasteiger partial charge on any atom is -0.363 e. The van der Waals surface area contributed by atoms with Gasteiger partial charge in [0.1, 0.15) is 17.3 Å². The fourth-order valence-corrected chi connectivity index (χ4v) is 6.05. The number of nitrogens with one attached hydrogen (secondary N) is 2. The van der Waals surface area contributed by atoms with Gasteiger partial charge in [0.05, 0.1) is 16.1 Å². The van der Waals surface area contributed by atoms with Crippen molar-refractivity contribution in [3.05, 3.63) is 66.0 Å². The lowest BCUT2D eigenvalue weighted by molar-refractivity contribution is 0.272. The Bertz CT molecular complexity index is 1730. The van der Waals surface area contributed by atoms with Gasteiger partial charge in [-0.05, 0) is 76.2 Å². The Morgan fingerprint density at radius 1 is 1.05 bits per heavy atom. The van der Waals surface area contributed by atoms with E-state index in [2.05, 4.69) is 36.9 Å². The van der Waals surface area contributed by atoms with Gasteiger partial charge >= 0.3 is 0 Å². The van der Waals surface area contributed by atoms with Crippen LogP contribution in [0.2, 0.25) is 0 Å². The molecular weight excluding hydrogens is 536 g/mol. The lowest BCUT2D eigenvalue weighted by Crippen LogP contribution is -2.50. The van der Waals surface area contributed by atoms with E-state index in [-0.39, 0.29) is 23.5 Å². The zero-order valence-electron chi connectivity index (χ0n) is 22.7. The molecule has 9 nitrogen and oxygen atoms in total. The quantitative estimate of drug-likeness (QED) is 0.362. The summed E-state index contributed by atoms with van der Waals surface area (Å²) in [5.41, 5.74) is 3.08. The third-order valence-electron chi connectivity index (χ3n) is 7.53. The summed E-state index contributed by atoms with van der Waals surface area (Å²) in [6.45, 7) is 7.23. The van der Waals surface area contributed by atoms with Crippen LogP contribution in [0.4, 0.5) is 31.8 Å². The summed E-state index contributed by atoms with van der Waals surface area (Å²) in [4.78, 5) is 13.5. The van der Waals surface area contributed by atoms with Crippen LogP contribution in [0.15, 0.2) is 48.8 Å². The second kappa shape index (κ2) is 9.41. The number of halogens is 2. The monoisotopic (exact) mass is 567 g/mol. The first-order valence-corrected chi connectivity index (χ1v) is 14.6. The van der Waals surface area contributed by atoms with Crippen molar-refractivity contribution >= 4 is 44.1 Å². The van der Waals surface area contributed by atoms with E-state index in [9.17, 15) is 12.8 Å². The molecule has 0 bridgehead atoms. The van der Waals surface area contributed by atoms with Gasteiger partial charge in [0.15, 0.2) is 0 Å². The van der Waals surface area contributed by atoms with Crippen LogP contribution in [0, 0.1) is 11.6 Å². The molecule has 2 aliphatic rings. The molecule has 210 valence electrons. The largest absolute Gasteiger partial charge is 0.363 e. The molecule has 12 heteroatoms. The number of nitrogens with zero attached hydrogens (tertiary/aromatic N) is 5. The Morgan fingerprint density at radius 2 is 1.85 bits per heavy atom. The molecule has 1 fully saturated rings. The minimum absolute atomic E-state index is 0.155. The van der Waals surface area contributed by atoms with E-state index < -0.39 is 20.6 Å². The molecule has 0 saturated carbocycles. The van der Waals surface area contributed by atoms with Gasteiger partial charge in [-0.2, -0.15) is 4.98 Å². The Hall–Kier alpha value is -3.77. The van der Waals surface area contributed by atoms with E-state index in [0.717, 1.165) is 37.0 Å². The van der Waals surface area contributed by atoms with E-state index in [0.29, 0.717) is 22.7 Å². The number of aromatic nitrogens is 3. The van der Waals surface area contributed by atoms with Crippen molar-refractivity contribution in [3.8, 4) is 5.69 Å². The van der Waals surface area contributed by atoms with Gasteiger partial charge in [-0.25, -0.2) is 22.2 Å². The predicted octanol–water partition coefficient (Wildman–Crippen LogP) is 4.66. The number of sulfonamides is 1. The van der Waals surface area contributed by atoms with Crippen molar-refractivity contribution in [2.24, 2.45) is 0 Å². The van der Waals surface area contributed by atoms with E-state index in [1.165, 1.54) is 39.0 Å². The second-order valence-corrected chi connectivity index (χ2v) is 13.9. The normalized spacial score (nSPS) is 17.6. The Kier molecular flexibility index (Phi) is 6.22. The van der Waals surface area contributed by atoms with Crippen LogP contribution in [0.1, 0.15) is 26.3 Å². The average molecular weight is 568 g/mol. The Morgan fingerprint density at radius 3 is 2.62 bits per heavy atom. The van der Waals surface area contributed by atoms with E-state index in [1.54, 1.807) is 23.0 Å². The van der Waals surface area contributed by atoms with Gasteiger partial charge in [-0.1, -0.05) is 0 Å². The van der Waals surface area contributed by atoms with Crippen LogP contribution in [0.5, 0.6) is 0 Å². The average Bonchev–Trinajstić information content (AvgIpc) is 3.45. The van der Waals surface area contributed by atoms with Crippen molar-refractivity contribution in [1.82, 2.24) is 19.4 Å². The summed E-state index contributed by atoms with van der Waals surface area (Å²) < 4.78 is 58.1. The molecule has 4 aromatic rings. The first kappa shape index (κ1) is 26.5. The third kappa shape index (κ3) is 4.64. The topological polar surface area (TPSA) is 95.4 Å². The summed E-state index contributed by atoms with van der Waals surface area (Å²) in [6, 6.07) is 9.68. The van der Waals surface area contributed by atoms with Crippen LogP contribution in [0.25, 0.3) is 16.7 Å². The number of fused-ring (bicyclic) bond motifs is 4. The maximum Gasteiger partial charge on any atom is 0.237 e. The van der Waals surface area contributed by atoms with E-state index >= 15 is 4.39 Å². The maximum atomic E-state index is 15.3. The fourth-order valence-electron chi connectivity index (χ4n) is 5.29. The molecular formula is C28H31F2N7O2S. The Labute approximate surface area is 231 Å². The highest BCUT2D eigenvalue weighted by molar-refractivity contribution is 7.94. The smallest absolute Gasteiger partial charge is 0.237 e. The molecule has 40 heavy (non-hydrogen) atoms. The standard InChI is InChI=1S/C28H31F2N7O2S/c1-28(2,3)40(38,39)34-24-14-20(5-6-22(24)29)37-8-7-17-15-31-27(33-26(17)37)32-19-11-18-12-21-16-35(4)9-10-36(21)25(18)23(30)13-19/h5-8,11,13-15,21,34H,9-10,12,16H2,1-4H3,(H,31,32,33). The van der Waals surface area contributed by atoms with Crippen molar-refractivity contribution in [2.45, 2.75) is 38.0 Å². The van der Waals surface area contributed by atoms with Crippen LogP contribution < -0.4 is 14.9 Å². The molecule has 2 aromatic carbocycles. The summed E-state index contributed by atoms with van der Waals surface area (Å²) in [5, 5.41) is 3.87. The number of piperazine rings is 1. The predicted molar refractivity (Wildman–Crippen MR) is 153 cm³/mol. The van der Waals surface area contributed by atoms with Gasteiger partial charge < -0.3 is 19.7 Å². The third-order valence-corrected chi connectivity index (χ3v) is 9.63. The molecule has 4 heterocycles. The summed E-state index contributed by atoms with van der Waals surface area (Å²) in [5.74, 6) is -0.683. The van der Waals surface area contributed by atoms with Gasteiger partial charge in [0.25, 0.3) is 0 Å². The van der Waals surface area contributed by atoms with Crippen molar-refractivity contribution in [1.29, 1.82) is 0 Å². The highest BCUT2D eigenvalue weighted by Gasteiger charge is 2.35. The lowest BCUT2D eigenvalue weighted by Gasteiger charge is -2.37. The van der Waals surface area contributed by atoms with E-state index in [4.69, 9.17) is 0 Å². The number of anilines is 4. The molecule has 0 spiro atoms. The lowest BCUT2D eigenvalue weighted by atomic mass is 10.1. The van der Waals surface area contributed by atoms with Crippen LogP contribution in [0.3, 0.4) is 0 Å². The number of hydrogen-bond donors (Lipinski definition) is 2. The fraction of sp³-hybridized carbons (Fsp3) is 0.357. The number of benzene rings is 2. The molecule has 2 N–H and O–H groups in total. The molecule has 6 rings (SSSR count). The number of likely N-dealkylation sites (N-methyl/N-ethyl adjacent to an activating group) is 1. The molecule has 2 aliphatic heterocycles. The maximum absolute atomic E-state index is 15.3. The molecule has 0 aliphatic carbocycles. The van der Waals surface area contributed by atoms with Crippen molar-refractivity contribution in [3.63, 3.8) is 0 Å². The number of hydrogen-bond acceptors (Lipinski definition) is 7. The van der Waals surface area contributed by atoms with Gasteiger partial charge in [-0.3, -0.25) is 4.72 Å². The van der Waals surface area contributed by atoms with Crippen molar-refractivity contribution in [2.75, 3.05) is 41.6 Å². The molecule has 0 amide bonds. The number of rotatable bonds is 5. The first-order valence-electron chi connectivity index (χ1n) is 13.1. The zero-order chi connectivity index (χ0) is 28.4. The van der Waals surface area contributed by atoms with Gasteiger partial charge in [-0.15, -0.1) is 0 Å². The molecule has 2 aromatic heterocycles. The first-order chi connectivity index (χ1) is 18.9. The SMILES string of the molecule is CN1CCN2c3c(F)cc(Nc4ncc5ccn(-c6ccc(F)c(NS(=O)(=O)C(C)(C)C)c6)c5n4)cc3CC2C1. The molecule has 0 radical (unpaired) electrons. The van der Waals surface area contributed by atoms with Crippen LogP contribution in [-0.2, 0) is 16.4 Å². The molecule has 1 atom stereocenters. The van der Waals surface area contributed by atoms with Gasteiger partial charge in [0, 0.05) is 54.8 Å².